The Hall–Kier alpha value is -1.77. The van der Waals surface area contributed by atoms with Crippen LogP contribution in [0.2, 0.25) is 0 Å². The van der Waals surface area contributed by atoms with Crippen LogP contribution in [0.15, 0.2) is 34.1 Å². The highest BCUT2D eigenvalue weighted by Crippen LogP contribution is 2.33. The van der Waals surface area contributed by atoms with E-state index in [0.29, 0.717) is 37.6 Å². The largest absolute Gasteiger partial charge is 0.378 e. The van der Waals surface area contributed by atoms with Crippen molar-refractivity contribution in [2.45, 2.75) is 6.54 Å². The average Bonchev–Trinajstić information content (AvgIpc) is 3.15. The number of ether oxygens (including phenoxy) is 1. The molecule has 26 heavy (non-hydrogen) atoms. The normalized spacial score (nSPS) is 15.0. The number of carbonyl (C=O) groups excluding carboxylic acids is 1. The van der Waals surface area contributed by atoms with E-state index in [1.54, 1.807) is 4.90 Å². The number of morpholine rings is 1. The molecule has 1 aliphatic heterocycles. The maximum absolute atomic E-state index is 13.6. The van der Waals surface area contributed by atoms with Gasteiger partial charge in [0, 0.05) is 19.6 Å². The second kappa shape index (κ2) is 7.09. The third-order valence-electron chi connectivity index (χ3n) is 4.40. The minimum absolute atomic E-state index is 0.0737. The smallest absolute Gasteiger partial charge is 0.270 e. The first-order valence-corrected chi connectivity index (χ1v) is 9.73. The molecule has 0 spiro atoms. The average molecular weight is 441 g/mol. The van der Waals surface area contributed by atoms with Crippen molar-refractivity contribution >= 4 is 43.4 Å². The van der Waals surface area contributed by atoms with Crippen LogP contribution in [0.4, 0.5) is 8.78 Å². The number of rotatable bonds is 3. The van der Waals surface area contributed by atoms with Crippen LogP contribution in [0.25, 0.3) is 10.2 Å². The van der Waals surface area contributed by atoms with Crippen molar-refractivity contribution in [1.29, 1.82) is 0 Å². The summed E-state index contributed by atoms with van der Waals surface area (Å²) in [6.45, 7) is 2.43. The van der Waals surface area contributed by atoms with Gasteiger partial charge in [-0.25, -0.2) is 8.78 Å². The Morgan fingerprint density at radius 3 is 2.65 bits per heavy atom. The van der Waals surface area contributed by atoms with Crippen molar-refractivity contribution in [3.05, 3.63) is 57.0 Å². The Balaban J connectivity index is 1.75. The molecule has 1 aliphatic rings. The van der Waals surface area contributed by atoms with Crippen LogP contribution in [-0.4, -0.2) is 41.7 Å². The number of fused-ring (bicyclic) bond motifs is 1. The predicted octanol–water partition coefficient (Wildman–Crippen LogP) is 4.26. The summed E-state index contributed by atoms with van der Waals surface area (Å²) in [6, 6.07) is 7.62. The Morgan fingerprint density at radius 1 is 1.15 bits per heavy atom. The number of benzene rings is 1. The zero-order chi connectivity index (χ0) is 18.3. The van der Waals surface area contributed by atoms with Gasteiger partial charge in [0.05, 0.1) is 27.2 Å². The number of nitrogens with zero attached hydrogens (tertiary/aromatic N) is 2. The van der Waals surface area contributed by atoms with Gasteiger partial charge in [-0.15, -0.1) is 11.3 Å². The maximum Gasteiger partial charge on any atom is 0.270 e. The monoisotopic (exact) mass is 440 g/mol. The number of hydrogen-bond donors (Lipinski definition) is 0. The van der Waals surface area contributed by atoms with Crippen molar-refractivity contribution in [1.82, 2.24) is 9.47 Å². The molecule has 0 N–H and O–H groups in total. The molecule has 136 valence electrons. The maximum atomic E-state index is 13.6. The Labute approximate surface area is 161 Å². The van der Waals surface area contributed by atoms with E-state index in [-0.39, 0.29) is 12.5 Å². The van der Waals surface area contributed by atoms with E-state index in [2.05, 4.69) is 15.9 Å². The molecule has 0 bridgehead atoms. The first-order chi connectivity index (χ1) is 12.5. The van der Waals surface area contributed by atoms with Gasteiger partial charge in [-0.3, -0.25) is 4.79 Å². The SMILES string of the molecule is O=C(c1cc2sc(Br)cc2n1Cc1ccc(F)c(F)c1)N1CCOCC1. The molecule has 1 saturated heterocycles. The zero-order valence-electron chi connectivity index (χ0n) is 13.7. The van der Waals surface area contributed by atoms with Crippen molar-refractivity contribution in [2.75, 3.05) is 26.3 Å². The van der Waals surface area contributed by atoms with E-state index < -0.39 is 11.6 Å². The summed E-state index contributed by atoms with van der Waals surface area (Å²) >= 11 is 5.00. The molecule has 3 aromatic rings. The van der Waals surface area contributed by atoms with Crippen molar-refractivity contribution < 1.29 is 18.3 Å². The summed E-state index contributed by atoms with van der Waals surface area (Å²) in [4.78, 5) is 14.8. The fourth-order valence-corrected chi connectivity index (χ4v) is 4.67. The third-order valence-corrected chi connectivity index (χ3v) is 5.98. The van der Waals surface area contributed by atoms with E-state index in [0.717, 1.165) is 20.1 Å². The predicted molar refractivity (Wildman–Crippen MR) is 99.7 cm³/mol. The first-order valence-electron chi connectivity index (χ1n) is 8.12. The van der Waals surface area contributed by atoms with Gasteiger partial charge in [0.2, 0.25) is 0 Å². The third kappa shape index (κ3) is 3.28. The summed E-state index contributed by atoms with van der Waals surface area (Å²) in [6.07, 6.45) is 0. The Kier molecular flexibility index (Phi) is 4.81. The van der Waals surface area contributed by atoms with Crippen LogP contribution in [0.3, 0.4) is 0 Å². The second-order valence-corrected chi connectivity index (χ2v) is 8.53. The highest BCUT2D eigenvalue weighted by molar-refractivity contribution is 9.11. The molecule has 0 aliphatic carbocycles. The van der Waals surface area contributed by atoms with E-state index in [4.69, 9.17) is 4.74 Å². The van der Waals surface area contributed by atoms with E-state index in [1.807, 2.05) is 16.7 Å². The van der Waals surface area contributed by atoms with Crippen LogP contribution < -0.4 is 0 Å². The molecular weight excluding hydrogens is 426 g/mol. The molecule has 4 rings (SSSR count). The summed E-state index contributed by atoms with van der Waals surface area (Å²) in [5.41, 5.74) is 2.04. The second-order valence-electron chi connectivity index (χ2n) is 6.07. The van der Waals surface area contributed by atoms with Gasteiger partial charge < -0.3 is 14.2 Å². The lowest BCUT2D eigenvalue weighted by Gasteiger charge is -2.27. The minimum Gasteiger partial charge on any atom is -0.378 e. The molecule has 0 atom stereocenters. The molecule has 1 aromatic carbocycles. The molecule has 1 amide bonds. The molecular formula is C18H15BrF2N2O2S. The van der Waals surface area contributed by atoms with Crippen LogP contribution in [0.5, 0.6) is 0 Å². The van der Waals surface area contributed by atoms with Gasteiger partial charge in [0.25, 0.3) is 5.91 Å². The zero-order valence-corrected chi connectivity index (χ0v) is 16.1. The fourth-order valence-electron chi connectivity index (χ4n) is 3.11. The molecule has 4 nitrogen and oxygen atoms in total. The molecule has 0 saturated carbocycles. The molecule has 8 heteroatoms. The lowest BCUT2D eigenvalue weighted by atomic mass is 10.2. The lowest BCUT2D eigenvalue weighted by molar-refractivity contribution is 0.0296. The van der Waals surface area contributed by atoms with Crippen LogP contribution in [0.1, 0.15) is 16.1 Å². The van der Waals surface area contributed by atoms with Crippen LogP contribution >= 0.6 is 27.3 Å². The molecule has 2 aromatic heterocycles. The summed E-state index contributed by atoms with van der Waals surface area (Å²) in [5, 5.41) is 0. The van der Waals surface area contributed by atoms with E-state index in [1.165, 1.54) is 23.5 Å². The topological polar surface area (TPSA) is 34.5 Å². The van der Waals surface area contributed by atoms with Gasteiger partial charge in [0.15, 0.2) is 11.6 Å². The van der Waals surface area contributed by atoms with Crippen molar-refractivity contribution in [2.24, 2.45) is 0 Å². The summed E-state index contributed by atoms with van der Waals surface area (Å²) in [7, 11) is 0. The van der Waals surface area contributed by atoms with Gasteiger partial charge in [-0.1, -0.05) is 6.07 Å². The quantitative estimate of drug-likeness (QED) is 0.609. The molecule has 3 heterocycles. The van der Waals surface area contributed by atoms with E-state index in [9.17, 15) is 13.6 Å². The van der Waals surface area contributed by atoms with Crippen molar-refractivity contribution in [3.63, 3.8) is 0 Å². The van der Waals surface area contributed by atoms with Crippen molar-refractivity contribution in [3.8, 4) is 0 Å². The first kappa shape index (κ1) is 17.6. The molecule has 1 fully saturated rings. The highest BCUT2D eigenvalue weighted by atomic mass is 79.9. The number of hydrogen-bond acceptors (Lipinski definition) is 3. The number of thiophene rings is 1. The standard InChI is InChI=1S/C18H15BrF2N2O2S/c19-17-9-14-16(26-17)8-15(18(24)22-3-5-25-6-4-22)23(14)10-11-1-2-12(20)13(21)7-11/h1-2,7-9H,3-6,10H2. The molecule has 0 radical (unpaired) electrons. The van der Waals surface area contributed by atoms with Gasteiger partial charge >= 0.3 is 0 Å². The number of halogens is 3. The van der Waals surface area contributed by atoms with Gasteiger partial charge in [-0.05, 0) is 45.8 Å². The molecule has 0 unspecified atom stereocenters. The summed E-state index contributed by atoms with van der Waals surface area (Å²) in [5.74, 6) is -1.84. The van der Waals surface area contributed by atoms with E-state index >= 15 is 0 Å². The van der Waals surface area contributed by atoms with Gasteiger partial charge in [0.1, 0.15) is 5.69 Å². The number of carbonyl (C=O) groups is 1. The summed E-state index contributed by atoms with van der Waals surface area (Å²) < 4.78 is 35.9. The Morgan fingerprint density at radius 2 is 1.92 bits per heavy atom. The number of amides is 1. The minimum atomic E-state index is -0.890. The number of aromatic nitrogens is 1. The fraction of sp³-hybridized carbons (Fsp3) is 0.278. The van der Waals surface area contributed by atoms with Crippen LogP contribution in [0, 0.1) is 11.6 Å². The lowest BCUT2D eigenvalue weighted by Crippen LogP contribution is -2.41. The Bertz CT molecular complexity index is 979. The van der Waals surface area contributed by atoms with Crippen LogP contribution in [-0.2, 0) is 11.3 Å². The highest BCUT2D eigenvalue weighted by Gasteiger charge is 2.24. The van der Waals surface area contributed by atoms with Gasteiger partial charge in [-0.2, -0.15) is 0 Å².